The highest BCUT2D eigenvalue weighted by atomic mass is 16.5. The van der Waals surface area contributed by atoms with Crippen LogP contribution in [0.4, 0.5) is 10.5 Å². The smallest absolute Gasteiger partial charge is 0.324 e. The lowest BCUT2D eigenvalue weighted by Gasteiger charge is -2.33. The highest BCUT2D eigenvalue weighted by Gasteiger charge is 2.24. The highest BCUT2D eigenvalue weighted by Crippen LogP contribution is 2.24. The number of nitrogens with one attached hydrogen (secondary N) is 1. The number of benzene rings is 2. The van der Waals surface area contributed by atoms with Gasteiger partial charge in [0, 0.05) is 30.4 Å². The van der Waals surface area contributed by atoms with Crippen LogP contribution in [0.5, 0.6) is 5.75 Å². The Balaban J connectivity index is 1.85. The number of ether oxygens (including phenoxy) is 2. The molecule has 1 N–H and O–H groups in total. The van der Waals surface area contributed by atoms with Crippen LogP contribution in [0.2, 0.25) is 0 Å². The van der Waals surface area contributed by atoms with Crippen molar-refractivity contribution in [2.24, 2.45) is 5.29 Å². The molecule has 0 spiro atoms. The molecule has 1 aliphatic rings. The van der Waals surface area contributed by atoms with Crippen LogP contribution in [0.1, 0.15) is 15.9 Å². The van der Waals surface area contributed by atoms with E-state index in [1.807, 2.05) is 23.6 Å². The summed E-state index contributed by atoms with van der Waals surface area (Å²) in [6, 6.07) is 13.8. The van der Waals surface area contributed by atoms with E-state index in [0.717, 1.165) is 5.56 Å². The second-order valence-corrected chi connectivity index (χ2v) is 6.40. The number of amides is 3. The first kappa shape index (κ1) is 20.3. The molecule has 0 atom stereocenters. The second kappa shape index (κ2) is 9.65. The Hall–Kier alpha value is -3.46. The van der Waals surface area contributed by atoms with E-state index in [2.05, 4.69) is 5.29 Å². The minimum atomic E-state index is -0.583. The lowest BCUT2D eigenvalue weighted by molar-refractivity contribution is 0.0548. The molecule has 0 unspecified atom stereocenters. The first-order chi connectivity index (χ1) is 14.1. The summed E-state index contributed by atoms with van der Waals surface area (Å²) in [5, 5.41) is 2.38. The molecule has 1 aliphatic heterocycles. The van der Waals surface area contributed by atoms with E-state index < -0.39 is 5.91 Å². The standard InChI is InChI=1S/C20H22N4O5/c1-28-18-4-2-3-17(13-18)24(20(26)23-9-11-29-12-10-23)14-15-5-7-16(8-6-15)19(25)21-22-27/h2-8,13H,9-12,14H2,1H3,(H,21,25,27). The first-order valence-electron chi connectivity index (χ1n) is 9.12. The monoisotopic (exact) mass is 398 g/mol. The molecule has 9 nitrogen and oxygen atoms in total. The third-order valence-electron chi connectivity index (χ3n) is 4.58. The summed E-state index contributed by atoms with van der Waals surface area (Å²) in [6.07, 6.45) is 0. The van der Waals surface area contributed by atoms with Gasteiger partial charge in [-0.05, 0) is 29.8 Å². The zero-order chi connectivity index (χ0) is 20.6. The number of nitroso groups, excluding NO2 is 1. The number of morpholine rings is 1. The van der Waals surface area contributed by atoms with Gasteiger partial charge in [-0.3, -0.25) is 9.69 Å². The van der Waals surface area contributed by atoms with Crippen molar-refractivity contribution in [3.63, 3.8) is 0 Å². The van der Waals surface area contributed by atoms with Gasteiger partial charge in [0.05, 0.1) is 32.2 Å². The van der Waals surface area contributed by atoms with Gasteiger partial charge in [0.2, 0.25) is 0 Å². The van der Waals surface area contributed by atoms with Crippen LogP contribution < -0.4 is 15.1 Å². The largest absolute Gasteiger partial charge is 0.497 e. The summed E-state index contributed by atoms with van der Waals surface area (Å²) in [7, 11) is 1.57. The lowest BCUT2D eigenvalue weighted by Crippen LogP contribution is -2.48. The summed E-state index contributed by atoms with van der Waals surface area (Å²) in [6.45, 7) is 2.37. The van der Waals surface area contributed by atoms with E-state index in [4.69, 9.17) is 9.47 Å². The molecule has 2 aromatic rings. The SMILES string of the molecule is COc1cccc(N(Cc2ccc(C(=O)NN=O)cc2)C(=O)N2CCOCC2)c1. The summed E-state index contributed by atoms with van der Waals surface area (Å²) in [5.41, 5.74) is 3.69. The fourth-order valence-corrected chi connectivity index (χ4v) is 3.02. The van der Waals surface area contributed by atoms with Crippen molar-refractivity contribution in [2.45, 2.75) is 6.54 Å². The van der Waals surface area contributed by atoms with E-state index in [1.165, 1.54) is 0 Å². The maximum atomic E-state index is 13.2. The van der Waals surface area contributed by atoms with Crippen molar-refractivity contribution in [3.8, 4) is 5.75 Å². The quantitative estimate of drug-likeness (QED) is 0.595. The molecule has 0 bridgehead atoms. The van der Waals surface area contributed by atoms with Gasteiger partial charge in [-0.25, -0.2) is 10.2 Å². The molecule has 3 amide bonds. The number of hydrogen-bond acceptors (Lipinski definition) is 6. The minimum Gasteiger partial charge on any atom is -0.497 e. The summed E-state index contributed by atoms with van der Waals surface area (Å²) in [5.74, 6) is 0.0660. The lowest BCUT2D eigenvalue weighted by atomic mass is 10.1. The van der Waals surface area contributed by atoms with E-state index in [9.17, 15) is 14.5 Å². The number of anilines is 1. The van der Waals surface area contributed by atoms with E-state index in [-0.39, 0.29) is 6.03 Å². The van der Waals surface area contributed by atoms with Gasteiger partial charge in [0.1, 0.15) is 5.75 Å². The molecule has 9 heteroatoms. The highest BCUT2D eigenvalue weighted by molar-refractivity contribution is 5.94. The van der Waals surface area contributed by atoms with Crippen molar-refractivity contribution in [2.75, 3.05) is 38.3 Å². The Morgan fingerprint density at radius 2 is 1.90 bits per heavy atom. The molecular formula is C20H22N4O5. The van der Waals surface area contributed by atoms with Crippen LogP contribution in [0.3, 0.4) is 0 Å². The zero-order valence-corrected chi connectivity index (χ0v) is 16.0. The summed E-state index contributed by atoms with van der Waals surface area (Å²) < 4.78 is 10.6. The van der Waals surface area contributed by atoms with Crippen LogP contribution in [0, 0.1) is 4.91 Å². The number of carbonyl (C=O) groups is 2. The molecule has 152 valence electrons. The Labute approximate surface area is 168 Å². The van der Waals surface area contributed by atoms with Crippen molar-refractivity contribution in [1.29, 1.82) is 0 Å². The number of methoxy groups -OCH3 is 1. The predicted octanol–water partition coefficient (Wildman–Crippen LogP) is 2.57. The predicted molar refractivity (Wildman–Crippen MR) is 107 cm³/mol. The zero-order valence-electron chi connectivity index (χ0n) is 16.0. The molecule has 1 heterocycles. The third-order valence-corrected chi connectivity index (χ3v) is 4.58. The van der Waals surface area contributed by atoms with E-state index in [1.54, 1.807) is 47.2 Å². The average molecular weight is 398 g/mol. The molecule has 29 heavy (non-hydrogen) atoms. The van der Waals surface area contributed by atoms with Gasteiger partial charge in [-0.1, -0.05) is 18.2 Å². The van der Waals surface area contributed by atoms with Crippen LogP contribution in [-0.2, 0) is 11.3 Å². The van der Waals surface area contributed by atoms with Crippen molar-refractivity contribution >= 4 is 17.6 Å². The first-order valence-corrected chi connectivity index (χ1v) is 9.12. The number of urea groups is 1. The van der Waals surface area contributed by atoms with Crippen LogP contribution in [0.25, 0.3) is 0 Å². The van der Waals surface area contributed by atoms with Crippen LogP contribution >= 0.6 is 0 Å². The van der Waals surface area contributed by atoms with Crippen molar-refractivity contribution in [1.82, 2.24) is 10.3 Å². The fraction of sp³-hybridized carbons (Fsp3) is 0.300. The van der Waals surface area contributed by atoms with Crippen LogP contribution in [-0.4, -0.2) is 50.3 Å². The molecule has 0 radical (unpaired) electrons. The topological polar surface area (TPSA) is 101 Å². The Morgan fingerprint density at radius 3 is 2.55 bits per heavy atom. The van der Waals surface area contributed by atoms with Gasteiger partial charge in [-0.15, -0.1) is 4.91 Å². The Morgan fingerprint density at radius 1 is 1.17 bits per heavy atom. The molecule has 3 rings (SSSR count). The van der Waals surface area contributed by atoms with Gasteiger partial charge < -0.3 is 14.4 Å². The second-order valence-electron chi connectivity index (χ2n) is 6.40. The number of hydrogen-bond donors (Lipinski definition) is 1. The van der Waals surface area contributed by atoms with Gasteiger partial charge in [0.15, 0.2) is 0 Å². The molecular weight excluding hydrogens is 376 g/mol. The Kier molecular flexibility index (Phi) is 6.75. The fourth-order valence-electron chi connectivity index (χ4n) is 3.02. The Bertz CT molecular complexity index is 865. The van der Waals surface area contributed by atoms with Crippen molar-refractivity contribution in [3.05, 3.63) is 64.6 Å². The molecule has 2 aromatic carbocycles. The van der Waals surface area contributed by atoms with Gasteiger partial charge >= 0.3 is 6.03 Å². The van der Waals surface area contributed by atoms with Crippen molar-refractivity contribution < 1.29 is 19.1 Å². The molecule has 1 saturated heterocycles. The van der Waals surface area contributed by atoms with Crippen LogP contribution in [0.15, 0.2) is 53.8 Å². The third kappa shape index (κ3) is 5.08. The van der Waals surface area contributed by atoms with E-state index in [0.29, 0.717) is 49.8 Å². The normalized spacial score (nSPS) is 13.5. The number of carbonyl (C=O) groups excluding carboxylic acids is 2. The molecule has 1 fully saturated rings. The van der Waals surface area contributed by atoms with Gasteiger partial charge in [-0.2, -0.15) is 0 Å². The summed E-state index contributed by atoms with van der Waals surface area (Å²) in [4.78, 5) is 38.5. The maximum Gasteiger partial charge on any atom is 0.324 e. The minimum absolute atomic E-state index is 0.131. The maximum absolute atomic E-state index is 13.2. The average Bonchev–Trinajstić information content (AvgIpc) is 2.78. The van der Waals surface area contributed by atoms with Gasteiger partial charge in [0.25, 0.3) is 5.91 Å². The molecule has 0 aliphatic carbocycles. The number of nitrogens with zero attached hydrogens (tertiary/aromatic N) is 3. The number of rotatable bonds is 6. The van der Waals surface area contributed by atoms with E-state index >= 15 is 0 Å². The summed E-state index contributed by atoms with van der Waals surface area (Å²) >= 11 is 0. The molecule has 0 saturated carbocycles. The molecule has 0 aromatic heterocycles.